The van der Waals surface area contributed by atoms with Crippen molar-refractivity contribution in [1.82, 2.24) is 0 Å². The van der Waals surface area contributed by atoms with Crippen molar-refractivity contribution in [1.29, 1.82) is 0 Å². The van der Waals surface area contributed by atoms with Gasteiger partial charge in [-0.15, -0.1) is 0 Å². The molecule has 3 nitrogen and oxygen atoms in total. The van der Waals surface area contributed by atoms with Crippen molar-refractivity contribution in [3.8, 4) is 0 Å². The highest BCUT2D eigenvalue weighted by Crippen LogP contribution is 2.16. The Balaban J connectivity index is 2.69. The highest BCUT2D eigenvalue weighted by molar-refractivity contribution is 6.30. The van der Waals surface area contributed by atoms with Gasteiger partial charge in [-0.3, -0.25) is 0 Å². The molecule has 1 aromatic carbocycles. The molecule has 0 heterocycles. The standard InChI is InChI=1S/C11H14ClNO2/c1-2-4-10(11(14)15)13-9-6-3-5-8(12)7-9/h3,5-7,10,13H,2,4H2,1H3,(H,14,15). The lowest BCUT2D eigenvalue weighted by Gasteiger charge is -2.14. The van der Waals surface area contributed by atoms with Crippen molar-refractivity contribution in [3.63, 3.8) is 0 Å². The summed E-state index contributed by atoms with van der Waals surface area (Å²) in [5.41, 5.74) is 0.739. The first-order valence-electron chi connectivity index (χ1n) is 4.88. The summed E-state index contributed by atoms with van der Waals surface area (Å²) in [6.45, 7) is 1.95. The Morgan fingerprint density at radius 2 is 2.33 bits per heavy atom. The van der Waals surface area contributed by atoms with Gasteiger partial charge in [0, 0.05) is 10.7 Å². The number of halogens is 1. The van der Waals surface area contributed by atoms with Crippen LogP contribution >= 0.6 is 11.6 Å². The fraction of sp³-hybridized carbons (Fsp3) is 0.364. The number of hydrogen-bond donors (Lipinski definition) is 2. The first-order valence-corrected chi connectivity index (χ1v) is 5.26. The summed E-state index contributed by atoms with van der Waals surface area (Å²) in [5.74, 6) is -0.836. The van der Waals surface area contributed by atoms with Crippen molar-refractivity contribution in [2.24, 2.45) is 0 Å². The van der Waals surface area contributed by atoms with Gasteiger partial charge in [0.15, 0.2) is 0 Å². The zero-order valence-corrected chi connectivity index (χ0v) is 9.29. The van der Waals surface area contributed by atoms with E-state index in [4.69, 9.17) is 16.7 Å². The maximum atomic E-state index is 10.9. The SMILES string of the molecule is CCCC(Nc1cccc(Cl)c1)C(=O)O. The minimum Gasteiger partial charge on any atom is -0.480 e. The second kappa shape index (κ2) is 5.61. The third kappa shape index (κ3) is 3.80. The van der Waals surface area contributed by atoms with E-state index in [0.717, 1.165) is 12.1 Å². The highest BCUT2D eigenvalue weighted by atomic mass is 35.5. The molecular weight excluding hydrogens is 214 g/mol. The Morgan fingerprint density at radius 1 is 1.60 bits per heavy atom. The molecule has 0 aliphatic carbocycles. The number of carboxylic acids is 1. The van der Waals surface area contributed by atoms with Crippen molar-refractivity contribution < 1.29 is 9.90 Å². The van der Waals surface area contributed by atoms with Crippen molar-refractivity contribution in [3.05, 3.63) is 29.3 Å². The van der Waals surface area contributed by atoms with Gasteiger partial charge in [-0.05, 0) is 24.6 Å². The van der Waals surface area contributed by atoms with Crippen LogP contribution in [-0.2, 0) is 4.79 Å². The number of carbonyl (C=O) groups is 1. The lowest BCUT2D eigenvalue weighted by Crippen LogP contribution is -2.28. The largest absolute Gasteiger partial charge is 0.480 e. The van der Waals surface area contributed by atoms with Crippen LogP contribution in [0.3, 0.4) is 0 Å². The summed E-state index contributed by atoms with van der Waals surface area (Å²) < 4.78 is 0. The molecule has 4 heteroatoms. The Kier molecular flexibility index (Phi) is 4.43. The average Bonchev–Trinajstić information content (AvgIpc) is 2.17. The molecule has 1 atom stereocenters. The molecule has 0 fully saturated rings. The molecule has 0 aliphatic heterocycles. The van der Waals surface area contributed by atoms with Gasteiger partial charge in [0.25, 0.3) is 0 Å². The van der Waals surface area contributed by atoms with Crippen LogP contribution in [0, 0.1) is 0 Å². The van der Waals surface area contributed by atoms with Crippen molar-refractivity contribution in [2.45, 2.75) is 25.8 Å². The molecule has 0 amide bonds. The fourth-order valence-corrected chi connectivity index (χ4v) is 1.52. The third-order valence-electron chi connectivity index (χ3n) is 2.04. The fourth-order valence-electron chi connectivity index (χ4n) is 1.33. The number of aliphatic carboxylic acids is 1. The van der Waals surface area contributed by atoms with Crippen LogP contribution in [0.15, 0.2) is 24.3 Å². The van der Waals surface area contributed by atoms with E-state index in [0.29, 0.717) is 11.4 Å². The first-order chi connectivity index (χ1) is 7.13. The average molecular weight is 228 g/mol. The van der Waals surface area contributed by atoms with E-state index in [2.05, 4.69) is 5.32 Å². The third-order valence-corrected chi connectivity index (χ3v) is 2.28. The number of anilines is 1. The second-order valence-corrected chi connectivity index (χ2v) is 3.77. The topological polar surface area (TPSA) is 49.3 Å². The Morgan fingerprint density at radius 3 is 2.87 bits per heavy atom. The zero-order chi connectivity index (χ0) is 11.3. The first kappa shape index (κ1) is 11.9. The van der Waals surface area contributed by atoms with E-state index in [1.165, 1.54) is 0 Å². The number of rotatable bonds is 5. The summed E-state index contributed by atoms with van der Waals surface area (Å²) in [6.07, 6.45) is 1.42. The van der Waals surface area contributed by atoms with Crippen molar-refractivity contribution in [2.75, 3.05) is 5.32 Å². The molecule has 0 saturated carbocycles. The molecular formula is C11H14ClNO2. The van der Waals surface area contributed by atoms with E-state index < -0.39 is 12.0 Å². The van der Waals surface area contributed by atoms with Crippen LogP contribution in [0.5, 0.6) is 0 Å². The van der Waals surface area contributed by atoms with Crippen LogP contribution < -0.4 is 5.32 Å². The molecule has 1 aromatic rings. The van der Waals surface area contributed by atoms with Gasteiger partial charge in [-0.25, -0.2) is 4.79 Å². The van der Waals surface area contributed by atoms with E-state index in [1.807, 2.05) is 6.92 Å². The molecule has 1 rings (SSSR count). The maximum Gasteiger partial charge on any atom is 0.326 e. The summed E-state index contributed by atoms with van der Waals surface area (Å²) in [7, 11) is 0. The van der Waals surface area contributed by atoms with Crippen LogP contribution in [0.2, 0.25) is 5.02 Å². The smallest absolute Gasteiger partial charge is 0.326 e. The van der Waals surface area contributed by atoms with Crippen LogP contribution in [0.25, 0.3) is 0 Å². The lowest BCUT2D eigenvalue weighted by molar-refractivity contribution is -0.138. The van der Waals surface area contributed by atoms with Gasteiger partial charge in [-0.2, -0.15) is 0 Å². The Labute approximate surface area is 94.1 Å². The molecule has 0 saturated heterocycles. The number of hydrogen-bond acceptors (Lipinski definition) is 2. The quantitative estimate of drug-likeness (QED) is 0.813. The predicted molar refractivity (Wildman–Crippen MR) is 61.4 cm³/mol. The molecule has 0 bridgehead atoms. The van der Waals surface area contributed by atoms with Crippen LogP contribution in [-0.4, -0.2) is 17.1 Å². The predicted octanol–water partition coefficient (Wildman–Crippen LogP) is 3.01. The minimum atomic E-state index is -0.836. The second-order valence-electron chi connectivity index (χ2n) is 3.33. The molecule has 82 valence electrons. The van der Waals surface area contributed by atoms with E-state index >= 15 is 0 Å². The van der Waals surface area contributed by atoms with E-state index in [9.17, 15) is 4.79 Å². The van der Waals surface area contributed by atoms with Crippen molar-refractivity contribution >= 4 is 23.3 Å². The molecule has 1 unspecified atom stereocenters. The normalized spacial score (nSPS) is 12.1. The van der Waals surface area contributed by atoms with Crippen LogP contribution in [0.4, 0.5) is 5.69 Å². The molecule has 2 N–H and O–H groups in total. The van der Waals surface area contributed by atoms with E-state index in [1.54, 1.807) is 24.3 Å². The van der Waals surface area contributed by atoms with Gasteiger partial charge in [0.05, 0.1) is 0 Å². The number of carboxylic acid groups (broad SMARTS) is 1. The van der Waals surface area contributed by atoms with Gasteiger partial charge >= 0.3 is 5.97 Å². The Bertz CT molecular complexity index is 341. The molecule has 0 radical (unpaired) electrons. The summed E-state index contributed by atoms with van der Waals surface area (Å²) >= 11 is 5.80. The lowest BCUT2D eigenvalue weighted by atomic mass is 10.1. The van der Waals surface area contributed by atoms with Gasteiger partial charge < -0.3 is 10.4 Å². The van der Waals surface area contributed by atoms with E-state index in [-0.39, 0.29) is 0 Å². The van der Waals surface area contributed by atoms with Gasteiger partial charge in [-0.1, -0.05) is 31.0 Å². The number of benzene rings is 1. The summed E-state index contributed by atoms with van der Waals surface area (Å²) in [4.78, 5) is 10.9. The highest BCUT2D eigenvalue weighted by Gasteiger charge is 2.15. The Hall–Kier alpha value is -1.22. The molecule has 0 aliphatic rings. The molecule has 15 heavy (non-hydrogen) atoms. The molecule has 0 aromatic heterocycles. The minimum absolute atomic E-state index is 0.548. The maximum absolute atomic E-state index is 10.9. The monoisotopic (exact) mass is 227 g/mol. The molecule has 0 spiro atoms. The van der Waals surface area contributed by atoms with Gasteiger partial charge in [0.1, 0.15) is 6.04 Å². The van der Waals surface area contributed by atoms with Gasteiger partial charge in [0.2, 0.25) is 0 Å². The van der Waals surface area contributed by atoms with Crippen LogP contribution in [0.1, 0.15) is 19.8 Å². The summed E-state index contributed by atoms with van der Waals surface area (Å²) in [5, 5.41) is 12.5. The number of nitrogens with one attached hydrogen (secondary N) is 1. The summed E-state index contributed by atoms with van der Waals surface area (Å²) in [6, 6.07) is 6.51. The zero-order valence-electron chi connectivity index (χ0n) is 8.53.